The van der Waals surface area contributed by atoms with Crippen molar-refractivity contribution in [3.63, 3.8) is 0 Å². The largest absolute Gasteiger partial charge is 0.310 e. The van der Waals surface area contributed by atoms with Crippen LogP contribution in [0.15, 0.2) is 18.3 Å². The Morgan fingerprint density at radius 1 is 1.41 bits per heavy atom. The van der Waals surface area contributed by atoms with Crippen LogP contribution >= 0.6 is 24.0 Å². The smallest absolute Gasteiger partial charge is 0.133 e. The van der Waals surface area contributed by atoms with Crippen LogP contribution in [-0.4, -0.2) is 11.0 Å². The first-order chi connectivity index (χ1) is 7.74. The van der Waals surface area contributed by atoms with Gasteiger partial charge in [-0.05, 0) is 19.4 Å². The number of hydrogen-bond donors (Lipinski definition) is 1. The van der Waals surface area contributed by atoms with Crippen molar-refractivity contribution in [1.82, 2.24) is 10.3 Å². The molecule has 1 atom stereocenters. The first-order valence-corrected chi connectivity index (χ1v) is 6.44. The molecule has 0 aromatic carbocycles. The number of hydrogen-bond acceptors (Lipinski definition) is 2. The third-order valence-electron chi connectivity index (χ3n) is 2.72. The number of rotatable bonds is 7. The average molecular weight is 277 g/mol. The molecule has 17 heavy (non-hydrogen) atoms. The molecule has 1 unspecified atom stereocenters. The summed E-state index contributed by atoms with van der Waals surface area (Å²) in [5.41, 5.74) is 1.08. The van der Waals surface area contributed by atoms with Gasteiger partial charge in [0.2, 0.25) is 0 Å². The topological polar surface area (TPSA) is 24.9 Å². The molecule has 1 heterocycles. The van der Waals surface area contributed by atoms with E-state index in [2.05, 4.69) is 24.1 Å². The Bertz CT molecular complexity index is 305. The second-order valence-corrected chi connectivity index (χ2v) is 4.59. The molecule has 4 heteroatoms. The van der Waals surface area contributed by atoms with Gasteiger partial charge < -0.3 is 5.32 Å². The third kappa shape index (κ3) is 6.87. The predicted molar refractivity (Wildman–Crippen MR) is 76.9 cm³/mol. The zero-order valence-electron chi connectivity index (χ0n) is 10.6. The van der Waals surface area contributed by atoms with Gasteiger partial charge in [0.05, 0.1) is 0 Å². The van der Waals surface area contributed by atoms with Gasteiger partial charge in [-0.15, -0.1) is 12.4 Å². The van der Waals surface area contributed by atoms with Crippen molar-refractivity contribution in [3.8, 4) is 0 Å². The van der Waals surface area contributed by atoms with Gasteiger partial charge in [0.25, 0.3) is 0 Å². The number of halogens is 2. The normalized spacial score (nSPS) is 11.9. The lowest BCUT2D eigenvalue weighted by atomic mass is 10.1. The molecule has 0 fully saturated rings. The zero-order chi connectivity index (χ0) is 11.8. The average Bonchev–Trinajstić information content (AvgIpc) is 2.28. The van der Waals surface area contributed by atoms with Crippen molar-refractivity contribution in [3.05, 3.63) is 29.0 Å². The van der Waals surface area contributed by atoms with Crippen LogP contribution in [0.1, 0.15) is 45.1 Å². The Morgan fingerprint density at radius 3 is 2.82 bits per heavy atom. The highest BCUT2D eigenvalue weighted by atomic mass is 35.5. The Morgan fingerprint density at radius 2 is 2.18 bits per heavy atom. The lowest BCUT2D eigenvalue weighted by Crippen LogP contribution is -2.25. The molecule has 0 aliphatic rings. The van der Waals surface area contributed by atoms with Crippen molar-refractivity contribution < 1.29 is 0 Å². The molecule has 1 N–H and O–H groups in total. The molecule has 0 radical (unpaired) electrons. The van der Waals surface area contributed by atoms with E-state index in [0.29, 0.717) is 11.2 Å². The minimum atomic E-state index is 0. The van der Waals surface area contributed by atoms with E-state index in [1.54, 1.807) is 6.20 Å². The van der Waals surface area contributed by atoms with Gasteiger partial charge in [-0.2, -0.15) is 0 Å². The number of aromatic nitrogens is 1. The van der Waals surface area contributed by atoms with E-state index < -0.39 is 0 Å². The number of nitrogens with one attached hydrogen (secondary N) is 1. The summed E-state index contributed by atoms with van der Waals surface area (Å²) >= 11 is 5.98. The van der Waals surface area contributed by atoms with Crippen LogP contribution < -0.4 is 5.32 Å². The molecule has 1 rings (SSSR count). The monoisotopic (exact) mass is 276 g/mol. The Kier molecular flexibility index (Phi) is 9.52. The lowest BCUT2D eigenvalue weighted by Gasteiger charge is -2.13. The quantitative estimate of drug-likeness (QED) is 0.596. The summed E-state index contributed by atoms with van der Waals surface area (Å²) in [6.07, 6.45) is 6.84. The van der Waals surface area contributed by atoms with Gasteiger partial charge in [-0.3, -0.25) is 0 Å². The van der Waals surface area contributed by atoms with Gasteiger partial charge in [0, 0.05) is 24.3 Å². The van der Waals surface area contributed by atoms with Crippen molar-refractivity contribution in [1.29, 1.82) is 0 Å². The summed E-state index contributed by atoms with van der Waals surface area (Å²) in [4.78, 5) is 4.06. The molecule has 1 aromatic heterocycles. The first kappa shape index (κ1) is 16.7. The van der Waals surface area contributed by atoms with Gasteiger partial charge in [0.1, 0.15) is 5.15 Å². The second-order valence-electron chi connectivity index (χ2n) is 4.23. The summed E-state index contributed by atoms with van der Waals surface area (Å²) in [5, 5.41) is 4.08. The first-order valence-electron chi connectivity index (χ1n) is 6.06. The fraction of sp³-hybridized carbons (Fsp3) is 0.615. The van der Waals surface area contributed by atoms with E-state index in [4.69, 9.17) is 11.6 Å². The van der Waals surface area contributed by atoms with E-state index in [1.165, 1.54) is 25.7 Å². The van der Waals surface area contributed by atoms with Gasteiger partial charge in [-0.25, -0.2) is 4.98 Å². The van der Waals surface area contributed by atoms with Gasteiger partial charge in [0.15, 0.2) is 0 Å². The SMILES string of the molecule is CCCCCC(C)NCc1cccnc1Cl.Cl. The summed E-state index contributed by atoms with van der Waals surface area (Å²) in [6.45, 7) is 5.26. The van der Waals surface area contributed by atoms with E-state index in [-0.39, 0.29) is 12.4 Å². The van der Waals surface area contributed by atoms with Gasteiger partial charge in [-0.1, -0.05) is 43.9 Å². The standard InChI is InChI=1S/C13H21ClN2.ClH/c1-3-4-5-7-11(2)16-10-12-8-6-9-15-13(12)14;/h6,8-9,11,16H,3-5,7,10H2,1-2H3;1H. The minimum Gasteiger partial charge on any atom is -0.310 e. The highest BCUT2D eigenvalue weighted by molar-refractivity contribution is 6.30. The Balaban J connectivity index is 0.00000256. The van der Waals surface area contributed by atoms with E-state index in [1.807, 2.05) is 12.1 Å². The molecule has 2 nitrogen and oxygen atoms in total. The summed E-state index contributed by atoms with van der Waals surface area (Å²) in [6, 6.07) is 4.48. The van der Waals surface area contributed by atoms with Crippen molar-refractivity contribution in [2.24, 2.45) is 0 Å². The van der Waals surface area contributed by atoms with Crippen LogP contribution in [-0.2, 0) is 6.54 Å². The molecule has 98 valence electrons. The van der Waals surface area contributed by atoms with Crippen LogP contribution in [0.3, 0.4) is 0 Å². The number of nitrogens with zero attached hydrogens (tertiary/aromatic N) is 1. The van der Waals surface area contributed by atoms with Crippen LogP contribution in [0.5, 0.6) is 0 Å². The fourth-order valence-corrected chi connectivity index (χ4v) is 1.82. The molecule has 1 aromatic rings. The Labute approximate surface area is 116 Å². The maximum Gasteiger partial charge on any atom is 0.133 e. The van der Waals surface area contributed by atoms with E-state index in [0.717, 1.165) is 12.1 Å². The Hall–Kier alpha value is -0.310. The molecular weight excluding hydrogens is 255 g/mol. The predicted octanol–water partition coefficient (Wildman–Crippen LogP) is 4.22. The van der Waals surface area contributed by atoms with E-state index >= 15 is 0 Å². The van der Waals surface area contributed by atoms with Gasteiger partial charge >= 0.3 is 0 Å². The van der Waals surface area contributed by atoms with E-state index in [9.17, 15) is 0 Å². The maximum absolute atomic E-state index is 5.98. The second kappa shape index (κ2) is 9.69. The van der Waals surface area contributed by atoms with Crippen molar-refractivity contribution in [2.45, 2.75) is 52.1 Å². The molecular formula is C13H22Cl2N2. The lowest BCUT2D eigenvalue weighted by molar-refractivity contribution is 0.487. The molecule has 0 amide bonds. The highest BCUT2D eigenvalue weighted by Gasteiger charge is 2.03. The molecule has 0 saturated carbocycles. The maximum atomic E-state index is 5.98. The highest BCUT2D eigenvalue weighted by Crippen LogP contribution is 2.11. The van der Waals surface area contributed by atoms with Crippen LogP contribution in [0.2, 0.25) is 5.15 Å². The molecule has 0 aliphatic carbocycles. The molecule has 0 bridgehead atoms. The summed E-state index contributed by atoms with van der Waals surface area (Å²) < 4.78 is 0. The molecule has 0 aliphatic heterocycles. The molecule has 0 saturated heterocycles. The summed E-state index contributed by atoms with van der Waals surface area (Å²) in [7, 11) is 0. The van der Waals surface area contributed by atoms with Crippen molar-refractivity contribution >= 4 is 24.0 Å². The van der Waals surface area contributed by atoms with Crippen LogP contribution in [0, 0.1) is 0 Å². The fourth-order valence-electron chi connectivity index (χ4n) is 1.64. The third-order valence-corrected chi connectivity index (χ3v) is 3.06. The van der Waals surface area contributed by atoms with Crippen molar-refractivity contribution in [2.75, 3.05) is 0 Å². The zero-order valence-corrected chi connectivity index (χ0v) is 12.2. The number of pyridine rings is 1. The van der Waals surface area contributed by atoms with Crippen LogP contribution in [0.25, 0.3) is 0 Å². The molecule has 0 spiro atoms. The minimum absolute atomic E-state index is 0. The number of unbranched alkanes of at least 4 members (excludes halogenated alkanes) is 2. The van der Waals surface area contributed by atoms with Crippen LogP contribution in [0.4, 0.5) is 0 Å². The summed E-state index contributed by atoms with van der Waals surface area (Å²) in [5.74, 6) is 0.